The number of hydrogen-bond donors (Lipinski definition) is 6. The summed E-state index contributed by atoms with van der Waals surface area (Å²) in [5, 5.41) is 49.5. The van der Waals surface area contributed by atoms with Crippen molar-refractivity contribution < 1.29 is 59.4 Å². The minimum atomic E-state index is -1.26. The van der Waals surface area contributed by atoms with Crippen molar-refractivity contribution in [2.45, 2.75) is 39.5 Å². The summed E-state index contributed by atoms with van der Waals surface area (Å²) >= 11 is 0. The van der Waals surface area contributed by atoms with Crippen LogP contribution in [0, 0.1) is 0 Å². The zero-order chi connectivity index (χ0) is 24.0. The zero-order valence-electron chi connectivity index (χ0n) is 16.1. The van der Waals surface area contributed by atoms with E-state index >= 15 is 0 Å². The maximum Gasteiger partial charge on any atom is 0.332 e. The largest absolute Gasteiger partial charge is 0.478 e. The third kappa shape index (κ3) is 12.4. The normalized spacial score (nSPS) is 13.7. The molecule has 0 spiro atoms. The average Bonchev–Trinajstić information content (AvgIpc) is 2.65. The fourth-order valence-electron chi connectivity index (χ4n) is 1.84. The predicted molar refractivity (Wildman–Crippen MR) is 98.8 cm³/mol. The van der Waals surface area contributed by atoms with Crippen molar-refractivity contribution in [3.05, 3.63) is 34.4 Å². The monoisotopic (exact) mass is 430 g/mol. The van der Waals surface area contributed by atoms with Crippen molar-refractivity contribution in [1.82, 2.24) is 0 Å². The highest BCUT2D eigenvalue weighted by Gasteiger charge is 2.22. The number of carboxylic acids is 6. The van der Waals surface area contributed by atoms with Crippen LogP contribution in [0.5, 0.6) is 0 Å². The minimum Gasteiger partial charge on any atom is -0.478 e. The molecule has 0 saturated carbocycles. The van der Waals surface area contributed by atoms with E-state index in [4.69, 9.17) is 30.6 Å². The quantitative estimate of drug-likeness (QED) is 0.327. The maximum atomic E-state index is 10.5. The Morgan fingerprint density at radius 1 is 0.600 bits per heavy atom. The number of carbonyl (C=O) groups is 6. The van der Waals surface area contributed by atoms with Gasteiger partial charge in [0.2, 0.25) is 0 Å². The first-order valence-electron chi connectivity index (χ1n) is 8.18. The van der Waals surface area contributed by atoms with Crippen LogP contribution >= 0.6 is 0 Å². The molecule has 0 aromatic heterocycles. The van der Waals surface area contributed by atoms with Gasteiger partial charge in [-0.2, -0.15) is 0 Å². The standard InChI is InChI=1S/C8H10O4.C6H8O4.C4H4O4/c9-7(10)5-3-1-2-4-6(5)8(11)12;1-3(5(7)8)4(2)6(9)10;5-3(6)1-2-4(7)8/h1-4H2,(H,9,10)(H,11,12);1-2H3,(H,7,8)(H,9,10);1-2H,(H,5,6)(H,7,8)/b;4-3-;2-1-. The molecule has 30 heavy (non-hydrogen) atoms. The van der Waals surface area contributed by atoms with Gasteiger partial charge in [0, 0.05) is 34.4 Å². The number of carboxylic acid groups (broad SMARTS) is 6. The van der Waals surface area contributed by atoms with Crippen LogP contribution in [-0.4, -0.2) is 66.5 Å². The smallest absolute Gasteiger partial charge is 0.332 e. The number of hydrogen-bond acceptors (Lipinski definition) is 6. The van der Waals surface area contributed by atoms with Gasteiger partial charge < -0.3 is 30.6 Å². The van der Waals surface area contributed by atoms with E-state index in [1.54, 1.807) is 0 Å². The van der Waals surface area contributed by atoms with Gasteiger partial charge in [-0.3, -0.25) is 0 Å². The Morgan fingerprint density at radius 3 is 1.03 bits per heavy atom. The van der Waals surface area contributed by atoms with Crippen LogP contribution in [0.3, 0.4) is 0 Å². The molecule has 0 heterocycles. The summed E-state index contributed by atoms with van der Waals surface area (Å²) in [7, 11) is 0. The minimum absolute atomic E-state index is 0.0775. The molecule has 12 nitrogen and oxygen atoms in total. The summed E-state index contributed by atoms with van der Waals surface area (Å²) in [5.41, 5.74) is -0.109. The van der Waals surface area contributed by atoms with E-state index in [-0.39, 0.29) is 22.3 Å². The van der Waals surface area contributed by atoms with Gasteiger partial charge in [0.05, 0.1) is 0 Å². The van der Waals surface area contributed by atoms with E-state index in [1.807, 2.05) is 0 Å². The van der Waals surface area contributed by atoms with Gasteiger partial charge in [-0.1, -0.05) is 0 Å². The van der Waals surface area contributed by atoms with Crippen LogP contribution in [0.1, 0.15) is 39.5 Å². The Morgan fingerprint density at radius 2 is 0.867 bits per heavy atom. The molecule has 0 saturated heterocycles. The molecule has 1 aliphatic carbocycles. The maximum absolute atomic E-state index is 10.5. The highest BCUT2D eigenvalue weighted by atomic mass is 16.4. The van der Waals surface area contributed by atoms with Crippen molar-refractivity contribution in [3.8, 4) is 0 Å². The second-order valence-electron chi connectivity index (χ2n) is 5.64. The zero-order valence-corrected chi connectivity index (χ0v) is 16.1. The van der Waals surface area contributed by atoms with E-state index in [0.29, 0.717) is 25.0 Å². The molecule has 0 aliphatic heterocycles. The fraction of sp³-hybridized carbons (Fsp3) is 0.333. The van der Waals surface area contributed by atoms with Gasteiger partial charge in [-0.15, -0.1) is 0 Å². The van der Waals surface area contributed by atoms with Crippen LogP contribution in [0.25, 0.3) is 0 Å². The van der Waals surface area contributed by atoms with Crippen molar-refractivity contribution in [1.29, 1.82) is 0 Å². The number of aliphatic carboxylic acids is 6. The lowest BCUT2D eigenvalue weighted by Crippen LogP contribution is -2.14. The number of rotatable bonds is 6. The Bertz CT molecular complexity index is 734. The summed E-state index contributed by atoms with van der Waals surface area (Å²) in [4.78, 5) is 60.5. The molecular formula is C18H22O12. The van der Waals surface area contributed by atoms with Crippen LogP contribution in [-0.2, 0) is 28.8 Å². The summed E-state index contributed by atoms with van der Waals surface area (Å²) in [6, 6.07) is 0. The second-order valence-corrected chi connectivity index (χ2v) is 5.64. The second kappa shape index (κ2) is 14.1. The highest BCUT2D eigenvalue weighted by molar-refractivity contribution is 5.99. The topological polar surface area (TPSA) is 224 Å². The summed E-state index contributed by atoms with van der Waals surface area (Å²) in [5.74, 6) is -7.08. The lowest BCUT2D eigenvalue weighted by molar-refractivity contribution is -0.136. The van der Waals surface area contributed by atoms with Crippen molar-refractivity contribution in [2.75, 3.05) is 0 Å². The van der Waals surface area contributed by atoms with Crippen LogP contribution in [0.2, 0.25) is 0 Å². The van der Waals surface area contributed by atoms with Gasteiger partial charge in [-0.05, 0) is 39.5 Å². The van der Waals surface area contributed by atoms with Crippen LogP contribution in [0.4, 0.5) is 0 Å². The van der Waals surface area contributed by atoms with Gasteiger partial charge in [0.15, 0.2) is 0 Å². The molecule has 0 amide bonds. The molecule has 166 valence electrons. The van der Waals surface area contributed by atoms with Gasteiger partial charge in [-0.25, -0.2) is 28.8 Å². The Kier molecular flexibility index (Phi) is 13.3. The lowest BCUT2D eigenvalue weighted by Gasteiger charge is -2.13. The first kappa shape index (κ1) is 28.3. The van der Waals surface area contributed by atoms with E-state index in [1.165, 1.54) is 13.8 Å². The lowest BCUT2D eigenvalue weighted by atomic mass is 9.92. The van der Waals surface area contributed by atoms with E-state index in [2.05, 4.69) is 0 Å². The summed E-state index contributed by atoms with van der Waals surface area (Å²) in [6.07, 6.45) is 3.44. The first-order valence-corrected chi connectivity index (χ1v) is 8.18. The van der Waals surface area contributed by atoms with E-state index in [9.17, 15) is 28.8 Å². The third-order valence-electron chi connectivity index (χ3n) is 3.56. The third-order valence-corrected chi connectivity index (χ3v) is 3.56. The molecular weight excluding hydrogens is 408 g/mol. The highest BCUT2D eigenvalue weighted by Crippen LogP contribution is 2.24. The molecule has 0 unspecified atom stereocenters. The molecule has 0 fully saturated rings. The molecule has 0 bridgehead atoms. The van der Waals surface area contributed by atoms with Crippen LogP contribution < -0.4 is 0 Å². The fourth-order valence-corrected chi connectivity index (χ4v) is 1.84. The Labute approximate surface area is 170 Å². The van der Waals surface area contributed by atoms with E-state index in [0.717, 1.165) is 12.8 Å². The van der Waals surface area contributed by atoms with E-state index < -0.39 is 35.8 Å². The molecule has 0 radical (unpaired) electrons. The SMILES string of the molecule is C/C(C(=O)O)=C(\C)C(=O)O.O=C(O)/C=C\C(=O)O.O=C(O)C1=C(C(=O)O)CCCC1. The Hall–Kier alpha value is -3.96. The molecule has 0 aromatic rings. The van der Waals surface area contributed by atoms with Crippen molar-refractivity contribution >= 4 is 35.8 Å². The predicted octanol–water partition coefficient (Wildman–Crippen LogP) is 1.23. The summed E-state index contributed by atoms with van der Waals surface area (Å²) in [6.45, 7) is 2.51. The van der Waals surface area contributed by atoms with Crippen LogP contribution in [0.15, 0.2) is 34.4 Å². The van der Waals surface area contributed by atoms with Crippen molar-refractivity contribution in [3.63, 3.8) is 0 Å². The van der Waals surface area contributed by atoms with Gasteiger partial charge in [0.1, 0.15) is 0 Å². The molecule has 12 heteroatoms. The molecule has 1 rings (SSSR count). The van der Waals surface area contributed by atoms with Gasteiger partial charge >= 0.3 is 35.8 Å². The average molecular weight is 430 g/mol. The molecule has 6 N–H and O–H groups in total. The Balaban J connectivity index is 0. The molecule has 0 aromatic carbocycles. The van der Waals surface area contributed by atoms with Crippen molar-refractivity contribution in [2.24, 2.45) is 0 Å². The van der Waals surface area contributed by atoms with Gasteiger partial charge in [0.25, 0.3) is 0 Å². The summed E-state index contributed by atoms with van der Waals surface area (Å²) < 4.78 is 0. The first-order chi connectivity index (χ1) is 13.7. The molecule has 0 atom stereocenters. The molecule has 1 aliphatic rings.